The highest BCUT2D eigenvalue weighted by molar-refractivity contribution is 5.95. The molecule has 0 aliphatic heterocycles. The van der Waals surface area contributed by atoms with Crippen molar-refractivity contribution < 1.29 is 28.9 Å². The Morgan fingerprint density at radius 1 is 1.29 bits per heavy atom. The van der Waals surface area contributed by atoms with Crippen LogP contribution in [0.2, 0.25) is 0 Å². The number of hydrogen-bond acceptors (Lipinski definition) is 7. The first kappa shape index (κ1) is 20.2. The van der Waals surface area contributed by atoms with Gasteiger partial charge in [-0.2, -0.15) is 0 Å². The van der Waals surface area contributed by atoms with Crippen molar-refractivity contribution in [1.82, 2.24) is 4.90 Å². The molecule has 0 radical (unpaired) electrons. The summed E-state index contributed by atoms with van der Waals surface area (Å²) in [5.74, 6) is -0.317. The van der Waals surface area contributed by atoms with Crippen molar-refractivity contribution in [2.24, 2.45) is 5.92 Å². The number of methoxy groups -OCH3 is 2. The quantitative estimate of drug-likeness (QED) is 0.775. The van der Waals surface area contributed by atoms with Gasteiger partial charge in [0.25, 0.3) is 0 Å². The Kier molecular flexibility index (Phi) is 5.65. The Bertz CT molecular complexity index is 817. The van der Waals surface area contributed by atoms with E-state index < -0.39 is 12.1 Å². The third-order valence-corrected chi connectivity index (χ3v) is 5.82. The number of carbonyl (C=O) groups excluding carboxylic acids is 2. The number of aromatic hydroxyl groups is 1. The summed E-state index contributed by atoms with van der Waals surface area (Å²) in [7, 11) is 4.92. The van der Waals surface area contributed by atoms with E-state index in [-0.39, 0.29) is 35.8 Å². The number of hydrogen-bond donors (Lipinski definition) is 1. The third-order valence-electron chi connectivity index (χ3n) is 5.82. The van der Waals surface area contributed by atoms with Crippen molar-refractivity contribution in [2.45, 2.75) is 38.3 Å². The lowest BCUT2D eigenvalue weighted by atomic mass is 9.65. The molecule has 2 aliphatic carbocycles. The van der Waals surface area contributed by atoms with Crippen LogP contribution in [-0.4, -0.2) is 55.6 Å². The van der Waals surface area contributed by atoms with E-state index in [2.05, 4.69) is 4.90 Å². The molecule has 2 aliphatic rings. The van der Waals surface area contributed by atoms with Crippen LogP contribution in [-0.2, 0) is 19.1 Å². The zero-order valence-corrected chi connectivity index (χ0v) is 16.9. The lowest BCUT2D eigenvalue weighted by Gasteiger charge is -2.47. The number of allylic oxidation sites excluding steroid dienone is 1. The van der Waals surface area contributed by atoms with Gasteiger partial charge in [-0.15, -0.1) is 0 Å². The van der Waals surface area contributed by atoms with Crippen molar-refractivity contribution in [3.05, 3.63) is 35.1 Å². The van der Waals surface area contributed by atoms with Crippen molar-refractivity contribution in [2.75, 3.05) is 27.8 Å². The summed E-state index contributed by atoms with van der Waals surface area (Å²) < 4.78 is 16.3. The fourth-order valence-electron chi connectivity index (χ4n) is 4.47. The van der Waals surface area contributed by atoms with E-state index in [0.29, 0.717) is 22.6 Å². The number of nitrogens with zero attached hydrogens (tertiary/aromatic N) is 1. The Labute approximate surface area is 164 Å². The third kappa shape index (κ3) is 3.24. The maximum absolute atomic E-state index is 12.6. The van der Waals surface area contributed by atoms with Crippen LogP contribution in [0.3, 0.4) is 0 Å². The van der Waals surface area contributed by atoms with Gasteiger partial charge in [0, 0.05) is 36.3 Å². The van der Waals surface area contributed by atoms with Crippen molar-refractivity contribution in [1.29, 1.82) is 0 Å². The van der Waals surface area contributed by atoms with E-state index in [4.69, 9.17) is 14.2 Å². The Hall–Kier alpha value is -2.54. The summed E-state index contributed by atoms with van der Waals surface area (Å²) in [6.07, 6.45) is 1.43. The minimum absolute atomic E-state index is 0.00757. The highest BCUT2D eigenvalue weighted by atomic mass is 16.5. The van der Waals surface area contributed by atoms with E-state index in [1.165, 1.54) is 21.1 Å². The second-order valence-electron chi connectivity index (χ2n) is 7.26. The molecule has 0 saturated heterocycles. The van der Waals surface area contributed by atoms with Gasteiger partial charge in [-0.3, -0.25) is 14.5 Å². The fraction of sp³-hybridized carbons (Fsp3) is 0.524. The normalized spacial score (nSPS) is 26.2. The fourth-order valence-corrected chi connectivity index (χ4v) is 4.47. The van der Waals surface area contributed by atoms with Crippen molar-refractivity contribution >= 4 is 11.8 Å². The van der Waals surface area contributed by atoms with Crippen molar-refractivity contribution in [3.63, 3.8) is 0 Å². The second-order valence-corrected chi connectivity index (χ2v) is 7.26. The van der Waals surface area contributed by atoms with Crippen LogP contribution in [0.4, 0.5) is 0 Å². The highest BCUT2D eigenvalue weighted by Crippen LogP contribution is 2.54. The number of rotatable bonds is 5. The molecule has 7 nitrogen and oxygen atoms in total. The number of ether oxygens (including phenoxy) is 3. The first-order valence-electron chi connectivity index (χ1n) is 9.40. The van der Waals surface area contributed by atoms with Gasteiger partial charge in [-0.1, -0.05) is 13.0 Å². The molecule has 28 heavy (non-hydrogen) atoms. The molecule has 0 saturated carbocycles. The zero-order chi connectivity index (χ0) is 20.6. The summed E-state index contributed by atoms with van der Waals surface area (Å²) in [6, 6.07) is 3.28. The molecular formula is C21H27NO6. The SMILES string of the molecule is CCN(C)C1C(OC(C)=O)c2ccc(OC)c(O)c2C2CC(=O)C(OC)=CC21. The number of carbonyl (C=O) groups is 2. The van der Waals surface area contributed by atoms with Crippen LogP contribution in [0.25, 0.3) is 0 Å². The second kappa shape index (κ2) is 7.83. The van der Waals surface area contributed by atoms with Gasteiger partial charge in [-0.05, 0) is 25.7 Å². The van der Waals surface area contributed by atoms with Gasteiger partial charge in [0.15, 0.2) is 23.0 Å². The number of likely N-dealkylation sites (N-methyl/N-ethyl adjacent to an activating group) is 1. The van der Waals surface area contributed by atoms with E-state index in [1.807, 2.05) is 26.1 Å². The van der Waals surface area contributed by atoms with Gasteiger partial charge in [0.1, 0.15) is 6.10 Å². The highest BCUT2D eigenvalue weighted by Gasteiger charge is 2.49. The van der Waals surface area contributed by atoms with E-state index in [1.54, 1.807) is 6.07 Å². The Morgan fingerprint density at radius 3 is 2.57 bits per heavy atom. The summed E-state index contributed by atoms with van der Waals surface area (Å²) in [6.45, 7) is 4.13. The lowest BCUT2D eigenvalue weighted by molar-refractivity contribution is -0.152. The number of esters is 1. The molecule has 3 rings (SSSR count). The molecule has 0 heterocycles. The van der Waals surface area contributed by atoms with Gasteiger partial charge in [0.2, 0.25) is 0 Å². The van der Waals surface area contributed by atoms with Gasteiger partial charge < -0.3 is 19.3 Å². The number of phenolic OH excluding ortho intramolecular Hbond substituents is 1. The summed E-state index contributed by atoms with van der Waals surface area (Å²) in [5, 5.41) is 10.9. The Balaban J connectivity index is 2.26. The standard InChI is InChI=1S/C21H27NO6/c1-6-22(3)19-14-10-17(27-5)15(24)9-13(14)18-12(21(19)28-11(2)23)7-8-16(26-4)20(18)25/h7-8,10,13-14,19,21,25H,6,9H2,1-5H3. The summed E-state index contributed by atoms with van der Waals surface area (Å²) in [5.41, 5.74) is 1.32. The van der Waals surface area contributed by atoms with Crippen LogP contribution in [0.15, 0.2) is 24.0 Å². The molecule has 0 fully saturated rings. The topological polar surface area (TPSA) is 85.3 Å². The molecule has 152 valence electrons. The van der Waals surface area contributed by atoms with Gasteiger partial charge in [-0.25, -0.2) is 0 Å². The molecular weight excluding hydrogens is 362 g/mol. The van der Waals surface area contributed by atoms with Crippen LogP contribution >= 0.6 is 0 Å². The lowest BCUT2D eigenvalue weighted by Crippen LogP contribution is -2.49. The smallest absolute Gasteiger partial charge is 0.303 e. The number of ketones is 1. The van der Waals surface area contributed by atoms with Crippen LogP contribution in [0.1, 0.15) is 43.4 Å². The van der Waals surface area contributed by atoms with Crippen molar-refractivity contribution in [3.8, 4) is 11.5 Å². The Morgan fingerprint density at radius 2 is 2.00 bits per heavy atom. The van der Waals surface area contributed by atoms with Crippen LogP contribution in [0.5, 0.6) is 11.5 Å². The molecule has 0 spiro atoms. The van der Waals surface area contributed by atoms with E-state index >= 15 is 0 Å². The van der Waals surface area contributed by atoms with E-state index in [0.717, 1.165) is 6.54 Å². The molecule has 4 atom stereocenters. The minimum Gasteiger partial charge on any atom is -0.504 e. The van der Waals surface area contributed by atoms with Crippen LogP contribution < -0.4 is 4.74 Å². The number of fused-ring (bicyclic) bond motifs is 3. The average Bonchev–Trinajstić information content (AvgIpc) is 2.67. The average molecular weight is 389 g/mol. The monoisotopic (exact) mass is 389 g/mol. The molecule has 1 N–H and O–H groups in total. The first-order valence-corrected chi connectivity index (χ1v) is 9.40. The predicted octanol–water partition coefficient (Wildman–Crippen LogP) is 2.54. The maximum atomic E-state index is 12.6. The molecule has 0 aromatic heterocycles. The molecule has 4 unspecified atom stereocenters. The molecule has 7 heteroatoms. The van der Waals surface area contributed by atoms with Gasteiger partial charge in [0.05, 0.1) is 20.3 Å². The zero-order valence-electron chi connectivity index (χ0n) is 16.9. The predicted molar refractivity (Wildman–Crippen MR) is 102 cm³/mol. The molecule has 1 aromatic carbocycles. The van der Waals surface area contributed by atoms with Gasteiger partial charge >= 0.3 is 5.97 Å². The molecule has 0 amide bonds. The summed E-state index contributed by atoms with van der Waals surface area (Å²) in [4.78, 5) is 26.6. The maximum Gasteiger partial charge on any atom is 0.303 e. The van der Waals surface area contributed by atoms with E-state index in [9.17, 15) is 14.7 Å². The number of benzene rings is 1. The number of phenols is 1. The minimum atomic E-state index is -0.585. The molecule has 1 aromatic rings. The first-order chi connectivity index (χ1) is 13.3. The largest absolute Gasteiger partial charge is 0.504 e. The number of Topliss-reactive ketones (excluding diaryl/α,β-unsaturated/α-hetero) is 1. The van der Waals surface area contributed by atoms with Crippen LogP contribution in [0, 0.1) is 5.92 Å². The molecule has 0 bridgehead atoms. The summed E-state index contributed by atoms with van der Waals surface area (Å²) >= 11 is 0.